The first-order chi connectivity index (χ1) is 14.8. The number of nitrogens with one attached hydrogen (secondary N) is 1. The van der Waals surface area contributed by atoms with Crippen molar-refractivity contribution >= 4 is 34.8 Å². The average Bonchev–Trinajstić information content (AvgIpc) is 2.75. The maximum Gasteiger partial charge on any atom is 0.417 e. The molecule has 3 atom stereocenters. The Bertz CT molecular complexity index is 1020. The van der Waals surface area contributed by atoms with Gasteiger partial charge in [-0.1, -0.05) is 42.0 Å². The highest BCUT2D eigenvalue weighted by atomic mass is 35.5. The van der Waals surface area contributed by atoms with E-state index in [2.05, 4.69) is 5.32 Å². The zero-order valence-corrected chi connectivity index (χ0v) is 17.2. The zero-order valence-electron chi connectivity index (χ0n) is 16.4. The summed E-state index contributed by atoms with van der Waals surface area (Å²) in [4.78, 5) is 28.0. The number of piperidine rings is 1. The molecule has 1 fully saturated rings. The molecule has 0 saturated carbocycles. The normalized spacial score (nSPS) is 23.4. The third-order valence-corrected chi connectivity index (χ3v) is 6.18. The van der Waals surface area contributed by atoms with Crippen molar-refractivity contribution in [2.45, 2.75) is 19.0 Å². The molecule has 2 aliphatic rings. The second kappa shape index (κ2) is 8.38. The van der Waals surface area contributed by atoms with Gasteiger partial charge in [0.2, 0.25) is 11.8 Å². The molecule has 0 spiro atoms. The molecule has 1 aliphatic carbocycles. The fourth-order valence-electron chi connectivity index (χ4n) is 4.35. The minimum absolute atomic E-state index is 0.00370. The molecular weight excluding hydrogens is 429 g/mol. The number of nitrogens with zero attached hydrogens (tertiary/aromatic N) is 1. The lowest BCUT2D eigenvalue weighted by Crippen LogP contribution is -2.51. The summed E-state index contributed by atoms with van der Waals surface area (Å²) in [6.07, 6.45) is 0.274. The topological polar surface area (TPSA) is 49.4 Å². The van der Waals surface area contributed by atoms with Crippen molar-refractivity contribution in [1.82, 2.24) is 0 Å². The summed E-state index contributed by atoms with van der Waals surface area (Å²) in [5, 5.41) is 2.12. The van der Waals surface area contributed by atoms with E-state index in [1.54, 1.807) is 4.90 Å². The van der Waals surface area contributed by atoms with E-state index in [0.717, 1.165) is 17.8 Å². The van der Waals surface area contributed by atoms with Crippen LogP contribution in [0.4, 0.5) is 24.5 Å². The second-order valence-corrected chi connectivity index (χ2v) is 8.16. The Morgan fingerprint density at radius 2 is 1.87 bits per heavy atom. The number of benzene rings is 2. The minimum Gasteiger partial charge on any atom is -0.326 e. The number of para-hydroxylation sites is 1. The Hall–Kier alpha value is -2.80. The van der Waals surface area contributed by atoms with Crippen LogP contribution in [0.3, 0.4) is 0 Å². The maximum atomic E-state index is 13.3. The average molecular weight is 449 g/mol. The number of alkyl halides is 3. The number of fused-ring (bicyclic) bond motifs is 1. The SMILES string of the molecule is O=C(Nc1ccc(Cl)c(C(F)(F)F)c1)[C@H]1CC=C[C@H]2CCN(c3ccccc3)C(=O)[C@@H]12. The molecule has 162 valence electrons. The summed E-state index contributed by atoms with van der Waals surface area (Å²) in [6, 6.07) is 12.5. The van der Waals surface area contributed by atoms with Gasteiger partial charge in [-0.25, -0.2) is 0 Å². The number of halogens is 4. The number of rotatable bonds is 3. The first-order valence-corrected chi connectivity index (χ1v) is 10.3. The van der Waals surface area contributed by atoms with Crippen molar-refractivity contribution in [3.63, 3.8) is 0 Å². The molecule has 1 saturated heterocycles. The van der Waals surface area contributed by atoms with E-state index in [1.807, 2.05) is 42.5 Å². The van der Waals surface area contributed by atoms with Crippen LogP contribution in [0, 0.1) is 17.8 Å². The number of allylic oxidation sites excluding steroid dienone is 2. The van der Waals surface area contributed by atoms with Gasteiger partial charge in [-0.05, 0) is 49.1 Å². The number of hydrogen-bond donors (Lipinski definition) is 1. The van der Waals surface area contributed by atoms with Crippen LogP contribution in [-0.2, 0) is 15.8 Å². The summed E-state index contributed by atoms with van der Waals surface area (Å²) in [5.74, 6) is -1.92. The molecule has 2 amide bonds. The Kier molecular flexibility index (Phi) is 5.79. The van der Waals surface area contributed by atoms with Gasteiger partial charge < -0.3 is 10.2 Å². The van der Waals surface area contributed by atoms with Crippen LogP contribution < -0.4 is 10.2 Å². The van der Waals surface area contributed by atoms with Gasteiger partial charge in [-0.15, -0.1) is 0 Å². The van der Waals surface area contributed by atoms with E-state index in [0.29, 0.717) is 19.4 Å². The fraction of sp³-hybridized carbons (Fsp3) is 0.304. The zero-order chi connectivity index (χ0) is 22.2. The highest BCUT2D eigenvalue weighted by Crippen LogP contribution is 2.40. The van der Waals surface area contributed by atoms with Crippen LogP contribution in [0.2, 0.25) is 5.02 Å². The molecule has 0 aromatic heterocycles. The number of carbonyl (C=O) groups is 2. The van der Waals surface area contributed by atoms with Gasteiger partial charge in [0.15, 0.2) is 0 Å². The van der Waals surface area contributed by atoms with Crippen molar-refractivity contribution in [3.8, 4) is 0 Å². The van der Waals surface area contributed by atoms with Crippen molar-refractivity contribution in [3.05, 3.63) is 71.3 Å². The van der Waals surface area contributed by atoms with Gasteiger partial charge in [0.25, 0.3) is 0 Å². The fourth-order valence-corrected chi connectivity index (χ4v) is 4.58. The molecule has 31 heavy (non-hydrogen) atoms. The summed E-state index contributed by atoms with van der Waals surface area (Å²) in [5.41, 5.74) is -0.249. The molecular formula is C23H20ClF3N2O2. The summed E-state index contributed by atoms with van der Waals surface area (Å²) in [6.45, 7) is 0.550. The molecule has 4 rings (SSSR count). The van der Waals surface area contributed by atoms with E-state index < -0.39 is 34.5 Å². The van der Waals surface area contributed by atoms with Crippen LogP contribution >= 0.6 is 11.6 Å². The molecule has 4 nitrogen and oxygen atoms in total. The lowest BCUT2D eigenvalue weighted by atomic mass is 9.71. The lowest BCUT2D eigenvalue weighted by Gasteiger charge is -2.41. The van der Waals surface area contributed by atoms with Crippen molar-refractivity contribution in [2.24, 2.45) is 17.8 Å². The van der Waals surface area contributed by atoms with Gasteiger partial charge in [-0.3, -0.25) is 9.59 Å². The standard InChI is InChI=1S/C23H20ClF3N2O2/c24-19-10-9-15(13-18(19)23(25,26)27)28-21(30)17-8-4-5-14-11-12-29(22(31)20(14)17)16-6-2-1-3-7-16/h1-7,9-10,13-14,17,20H,8,11-12H2,(H,28,30)/t14-,17-,20+/m0/s1. The number of amides is 2. The third-order valence-electron chi connectivity index (χ3n) is 5.85. The van der Waals surface area contributed by atoms with Crippen LogP contribution in [0.5, 0.6) is 0 Å². The molecule has 1 N–H and O–H groups in total. The van der Waals surface area contributed by atoms with Crippen LogP contribution in [-0.4, -0.2) is 18.4 Å². The molecule has 2 aromatic rings. The van der Waals surface area contributed by atoms with Crippen LogP contribution in [0.15, 0.2) is 60.7 Å². The van der Waals surface area contributed by atoms with Crippen LogP contribution in [0.1, 0.15) is 18.4 Å². The molecule has 0 unspecified atom stereocenters. The first-order valence-electron chi connectivity index (χ1n) is 9.96. The molecule has 8 heteroatoms. The van der Waals surface area contributed by atoms with Crippen molar-refractivity contribution in [1.29, 1.82) is 0 Å². The predicted molar refractivity (Wildman–Crippen MR) is 113 cm³/mol. The van der Waals surface area contributed by atoms with E-state index in [1.165, 1.54) is 6.07 Å². The van der Waals surface area contributed by atoms with E-state index in [-0.39, 0.29) is 17.5 Å². The Morgan fingerprint density at radius 1 is 1.13 bits per heavy atom. The van der Waals surface area contributed by atoms with Crippen LogP contribution in [0.25, 0.3) is 0 Å². The van der Waals surface area contributed by atoms with E-state index in [9.17, 15) is 22.8 Å². The van der Waals surface area contributed by atoms with Gasteiger partial charge in [-0.2, -0.15) is 13.2 Å². The predicted octanol–water partition coefficient (Wildman–Crippen LogP) is 5.54. The minimum atomic E-state index is -4.63. The maximum absolute atomic E-state index is 13.3. The Balaban J connectivity index is 1.57. The first kappa shape index (κ1) is 21.4. The molecule has 0 bridgehead atoms. The Morgan fingerprint density at radius 3 is 2.58 bits per heavy atom. The summed E-state index contributed by atoms with van der Waals surface area (Å²) in [7, 11) is 0. The smallest absolute Gasteiger partial charge is 0.326 e. The van der Waals surface area contributed by atoms with E-state index in [4.69, 9.17) is 11.6 Å². The summed E-state index contributed by atoms with van der Waals surface area (Å²) < 4.78 is 39.4. The highest BCUT2D eigenvalue weighted by Gasteiger charge is 2.45. The van der Waals surface area contributed by atoms with Gasteiger partial charge in [0, 0.05) is 17.9 Å². The van der Waals surface area contributed by atoms with Crippen molar-refractivity contribution in [2.75, 3.05) is 16.8 Å². The monoisotopic (exact) mass is 448 g/mol. The quantitative estimate of drug-likeness (QED) is 0.626. The number of anilines is 2. The Labute approximate surface area is 182 Å². The number of carbonyl (C=O) groups excluding carboxylic acids is 2. The molecule has 1 aliphatic heterocycles. The molecule has 2 aromatic carbocycles. The van der Waals surface area contributed by atoms with Gasteiger partial charge in [0.05, 0.1) is 22.4 Å². The molecule has 1 heterocycles. The van der Waals surface area contributed by atoms with Gasteiger partial charge in [0.1, 0.15) is 0 Å². The summed E-state index contributed by atoms with van der Waals surface area (Å²) >= 11 is 5.66. The lowest BCUT2D eigenvalue weighted by molar-refractivity contribution is -0.137. The molecule has 0 radical (unpaired) electrons. The van der Waals surface area contributed by atoms with E-state index >= 15 is 0 Å². The van der Waals surface area contributed by atoms with Crippen molar-refractivity contribution < 1.29 is 22.8 Å². The van der Waals surface area contributed by atoms with Gasteiger partial charge >= 0.3 is 6.18 Å². The number of hydrogen-bond acceptors (Lipinski definition) is 2. The largest absolute Gasteiger partial charge is 0.417 e. The highest BCUT2D eigenvalue weighted by molar-refractivity contribution is 6.31. The second-order valence-electron chi connectivity index (χ2n) is 7.76. The third kappa shape index (κ3) is 4.32.